The second-order valence-electron chi connectivity index (χ2n) is 9.84. The Morgan fingerprint density at radius 1 is 1.02 bits per heavy atom. The highest BCUT2D eigenvalue weighted by molar-refractivity contribution is 7.53. The van der Waals surface area contributed by atoms with Crippen molar-refractivity contribution in [2.75, 3.05) is 45.6 Å². The van der Waals surface area contributed by atoms with Crippen molar-refractivity contribution in [3.8, 4) is 17.2 Å². The zero-order chi connectivity index (χ0) is 31.0. The number of amides is 3. The van der Waals surface area contributed by atoms with E-state index < -0.39 is 31.5 Å². The first-order chi connectivity index (χ1) is 20.6. The normalized spacial score (nSPS) is 14.4. The number of aromatic nitrogens is 4. The molecule has 1 aliphatic heterocycles. The number of benzene rings is 1. The fraction of sp³-hybridized carbons (Fsp3) is 0.429. The fourth-order valence-electron chi connectivity index (χ4n) is 4.60. The number of carbonyl (C=O) groups excluding carboxylic acids is 2. The monoisotopic (exact) mass is 613 g/mol. The van der Waals surface area contributed by atoms with Crippen molar-refractivity contribution < 1.29 is 33.1 Å². The van der Waals surface area contributed by atoms with Crippen LogP contribution in [-0.2, 0) is 18.4 Å². The van der Waals surface area contributed by atoms with Gasteiger partial charge in [0.25, 0.3) is 5.91 Å². The van der Waals surface area contributed by atoms with Gasteiger partial charge in [-0.1, -0.05) is 30.3 Å². The standard InChI is InChI=1S/C28H36N7O7P/c1-4-41-43(40,42-5-2)16-11-22(27(37)33-12-14-34(15-13-33)28(38)39)31-26(36)23-17-24(35-19-20(3)18-29-35)32-25(30-23)21-9-7-6-8-10-21/h6-10,17-19,22H,4-5,11-16H2,1-3H3,(H,31,36)(H,38,39)/t22-/m0/s1. The van der Waals surface area contributed by atoms with E-state index in [2.05, 4.69) is 20.4 Å². The predicted octanol–water partition coefficient (Wildman–Crippen LogP) is 3.21. The number of hydrogen-bond acceptors (Lipinski definition) is 9. The van der Waals surface area contributed by atoms with Crippen molar-refractivity contribution in [1.82, 2.24) is 34.9 Å². The first kappa shape index (κ1) is 31.8. The Hall–Kier alpha value is -4.13. The van der Waals surface area contributed by atoms with Gasteiger partial charge in [0.05, 0.1) is 25.6 Å². The molecule has 2 N–H and O–H groups in total. The van der Waals surface area contributed by atoms with Crippen LogP contribution in [0.4, 0.5) is 4.79 Å². The number of rotatable bonds is 12. The van der Waals surface area contributed by atoms with Gasteiger partial charge in [-0.15, -0.1) is 0 Å². The third-order valence-electron chi connectivity index (χ3n) is 6.73. The summed E-state index contributed by atoms with van der Waals surface area (Å²) in [6.45, 7) is 6.14. The Balaban J connectivity index is 1.63. The molecule has 0 unspecified atom stereocenters. The maximum atomic E-state index is 13.7. The minimum absolute atomic E-state index is 0.00306. The predicted molar refractivity (Wildman–Crippen MR) is 157 cm³/mol. The SMILES string of the molecule is CCOP(=O)(CC[C@H](NC(=O)c1cc(-n2cc(C)cn2)nc(-c2ccccc2)n1)C(=O)N1CCN(C(=O)O)CC1)OCC. The van der Waals surface area contributed by atoms with Gasteiger partial charge in [-0.05, 0) is 32.8 Å². The molecule has 1 fully saturated rings. The van der Waals surface area contributed by atoms with Gasteiger partial charge >= 0.3 is 13.7 Å². The number of nitrogens with one attached hydrogen (secondary N) is 1. The Labute approximate surface area is 249 Å². The summed E-state index contributed by atoms with van der Waals surface area (Å²) in [7, 11) is -3.53. The highest BCUT2D eigenvalue weighted by Crippen LogP contribution is 2.48. The summed E-state index contributed by atoms with van der Waals surface area (Å²) in [6.07, 6.45) is 2.21. The highest BCUT2D eigenvalue weighted by atomic mass is 31.2. The number of hydrogen-bond donors (Lipinski definition) is 2. The van der Waals surface area contributed by atoms with Gasteiger partial charge in [-0.2, -0.15) is 5.10 Å². The first-order valence-corrected chi connectivity index (χ1v) is 15.8. The molecule has 0 saturated carbocycles. The number of aryl methyl sites for hydroxylation is 1. The van der Waals surface area contributed by atoms with Gasteiger partial charge in [0.2, 0.25) is 5.91 Å². The van der Waals surface area contributed by atoms with Crippen LogP contribution in [0.15, 0.2) is 48.8 Å². The molecular weight excluding hydrogens is 577 g/mol. The maximum absolute atomic E-state index is 13.7. The lowest BCUT2D eigenvalue weighted by Gasteiger charge is -2.35. The Bertz CT molecular complexity index is 1470. The largest absolute Gasteiger partial charge is 0.465 e. The van der Waals surface area contributed by atoms with Crippen LogP contribution >= 0.6 is 7.60 Å². The number of carboxylic acid groups (broad SMARTS) is 1. The second-order valence-corrected chi connectivity index (χ2v) is 12.0. The molecule has 1 saturated heterocycles. The Kier molecular flexibility index (Phi) is 10.6. The molecule has 1 atom stereocenters. The van der Waals surface area contributed by atoms with Crippen LogP contribution in [0.2, 0.25) is 0 Å². The van der Waals surface area contributed by atoms with E-state index in [1.807, 2.05) is 37.3 Å². The van der Waals surface area contributed by atoms with Gasteiger partial charge in [-0.25, -0.2) is 19.4 Å². The van der Waals surface area contributed by atoms with Crippen LogP contribution < -0.4 is 5.32 Å². The molecule has 0 aliphatic carbocycles. The summed E-state index contributed by atoms with van der Waals surface area (Å²) in [6, 6.07) is 9.52. The highest BCUT2D eigenvalue weighted by Gasteiger charge is 2.33. The maximum Gasteiger partial charge on any atom is 0.407 e. The van der Waals surface area contributed by atoms with E-state index in [4.69, 9.17) is 9.05 Å². The topological polar surface area (TPSA) is 169 Å². The summed E-state index contributed by atoms with van der Waals surface area (Å²) in [4.78, 5) is 50.6. The molecule has 1 aliphatic rings. The van der Waals surface area contributed by atoms with Crippen molar-refractivity contribution >= 4 is 25.5 Å². The molecule has 230 valence electrons. The van der Waals surface area contributed by atoms with E-state index in [-0.39, 0.29) is 57.7 Å². The zero-order valence-corrected chi connectivity index (χ0v) is 25.3. The third kappa shape index (κ3) is 8.25. The van der Waals surface area contributed by atoms with Crippen LogP contribution in [0.1, 0.15) is 36.3 Å². The lowest BCUT2D eigenvalue weighted by molar-refractivity contribution is -0.134. The van der Waals surface area contributed by atoms with E-state index in [0.717, 1.165) is 5.56 Å². The van der Waals surface area contributed by atoms with Crippen molar-refractivity contribution in [2.24, 2.45) is 0 Å². The van der Waals surface area contributed by atoms with E-state index in [0.29, 0.717) is 17.2 Å². The van der Waals surface area contributed by atoms with Gasteiger partial charge in [0.15, 0.2) is 11.6 Å². The van der Waals surface area contributed by atoms with Crippen molar-refractivity contribution in [3.63, 3.8) is 0 Å². The molecule has 0 spiro atoms. The van der Waals surface area contributed by atoms with Crippen molar-refractivity contribution in [1.29, 1.82) is 0 Å². The van der Waals surface area contributed by atoms with Gasteiger partial charge in [0, 0.05) is 44.0 Å². The Morgan fingerprint density at radius 2 is 1.67 bits per heavy atom. The molecule has 15 heteroatoms. The molecule has 0 bridgehead atoms. The second kappa shape index (κ2) is 14.4. The number of nitrogens with zero attached hydrogens (tertiary/aromatic N) is 6. The third-order valence-corrected chi connectivity index (χ3v) is 8.84. The molecule has 2 aromatic heterocycles. The van der Waals surface area contributed by atoms with Crippen LogP contribution in [-0.4, -0.2) is 104 Å². The quantitative estimate of drug-likeness (QED) is 0.289. The van der Waals surface area contributed by atoms with Crippen LogP contribution in [0.25, 0.3) is 17.2 Å². The van der Waals surface area contributed by atoms with Gasteiger partial charge in [-0.3, -0.25) is 14.2 Å². The van der Waals surface area contributed by atoms with Crippen LogP contribution in [0.5, 0.6) is 0 Å². The number of piperazine rings is 1. The Morgan fingerprint density at radius 3 is 2.26 bits per heavy atom. The average Bonchev–Trinajstić information content (AvgIpc) is 3.45. The molecule has 3 amide bonds. The average molecular weight is 614 g/mol. The molecular formula is C28H36N7O7P. The molecule has 1 aromatic carbocycles. The summed E-state index contributed by atoms with van der Waals surface area (Å²) in [5, 5.41) is 16.4. The molecule has 0 radical (unpaired) electrons. The summed E-state index contributed by atoms with van der Waals surface area (Å²) in [5.74, 6) is -0.425. The van der Waals surface area contributed by atoms with Crippen molar-refractivity contribution in [3.05, 3.63) is 60.0 Å². The van der Waals surface area contributed by atoms with E-state index >= 15 is 0 Å². The van der Waals surface area contributed by atoms with E-state index in [1.165, 1.54) is 20.5 Å². The van der Waals surface area contributed by atoms with Gasteiger partial charge < -0.3 is 29.3 Å². The summed E-state index contributed by atoms with van der Waals surface area (Å²) in [5.41, 5.74) is 1.58. The molecule has 3 heterocycles. The lowest BCUT2D eigenvalue weighted by atomic mass is 10.1. The summed E-state index contributed by atoms with van der Waals surface area (Å²) < 4.78 is 25.5. The zero-order valence-electron chi connectivity index (χ0n) is 24.4. The molecule has 43 heavy (non-hydrogen) atoms. The van der Waals surface area contributed by atoms with Crippen LogP contribution in [0, 0.1) is 6.92 Å². The molecule has 4 rings (SSSR count). The fourth-order valence-corrected chi connectivity index (χ4v) is 6.29. The van der Waals surface area contributed by atoms with E-state index in [9.17, 15) is 24.1 Å². The van der Waals surface area contributed by atoms with Crippen molar-refractivity contribution in [2.45, 2.75) is 33.2 Å². The summed E-state index contributed by atoms with van der Waals surface area (Å²) >= 11 is 0. The smallest absolute Gasteiger partial charge is 0.407 e. The first-order valence-electron chi connectivity index (χ1n) is 14.0. The minimum atomic E-state index is -3.53. The van der Waals surface area contributed by atoms with Gasteiger partial charge in [0.1, 0.15) is 11.7 Å². The van der Waals surface area contributed by atoms with E-state index in [1.54, 1.807) is 26.2 Å². The minimum Gasteiger partial charge on any atom is -0.465 e. The molecule has 14 nitrogen and oxygen atoms in total. The van der Waals surface area contributed by atoms with Crippen LogP contribution in [0.3, 0.4) is 0 Å². The lowest BCUT2D eigenvalue weighted by Crippen LogP contribution is -2.56. The molecule has 3 aromatic rings. The number of carbonyl (C=O) groups is 3.